The molecule has 19 heavy (non-hydrogen) atoms. The zero-order valence-electron chi connectivity index (χ0n) is 11.3. The molecule has 5 nitrogen and oxygen atoms in total. The minimum atomic E-state index is -0.371. The molecule has 1 atom stereocenters. The van der Waals surface area contributed by atoms with Gasteiger partial charge in [0.05, 0.1) is 0 Å². The van der Waals surface area contributed by atoms with E-state index in [0.29, 0.717) is 19.4 Å². The summed E-state index contributed by atoms with van der Waals surface area (Å²) in [6, 6.07) is 7.62. The number of amides is 2. The van der Waals surface area contributed by atoms with Crippen molar-refractivity contribution in [2.75, 3.05) is 19.0 Å². The molecule has 2 N–H and O–H groups in total. The number of carbonyl (C=O) groups excluding carboxylic acids is 2. The summed E-state index contributed by atoms with van der Waals surface area (Å²) in [4.78, 5) is 24.9. The Morgan fingerprint density at radius 2 is 2.26 bits per heavy atom. The van der Waals surface area contributed by atoms with Gasteiger partial charge in [0.2, 0.25) is 11.8 Å². The van der Waals surface area contributed by atoms with Crippen molar-refractivity contribution in [3.63, 3.8) is 0 Å². The Kier molecular flexibility index (Phi) is 4.04. The maximum Gasteiger partial charge on any atom is 0.242 e. The Morgan fingerprint density at radius 3 is 2.89 bits per heavy atom. The monoisotopic (exact) mass is 261 g/mol. The molecule has 0 saturated carbocycles. The van der Waals surface area contributed by atoms with Gasteiger partial charge in [0.1, 0.15) is 6.04 Å². The molecule has 1 aliphatic heterocycles. The van der Waals surface area contributed by atoms with Gasteiger partial charge >= 0.3 is 0 Å². The highest BCUT2D eigenvalue weighted by atomic mass is 16.2. The van der Waals surface area contributed by atoms with Crippen LogP contribution in [-0.2, 0) is 16.1 Å². The summed E-state index contributed by atoms with van der Waals surface area (Å²) >= 11 is 0. The zero-order valence-corrected chi connectivity index (χ0v) is 11.3. The van der Waals surface area contributed by atoms with E-state index in [-0.39, 0.29) is 17.9 Å². The van der Waals surface area contributed by atoms with Crippen LogP contribution in [-0.4, -0.2) is 32.0 Å². The van der Waals surface area contributed by atoms with E-state index in [1.54, 1.807) is 0 Å². The third-order valence-corrected chi connectivity index (χ3v) is 3.21. The van der Waals surface area contributed by atoms with Crippen LogP contribution in [0.1, 0.15) is 18.4 Å². The van der Waals surface area contributed by atoms with Gasteiger partial charge in [-0.25, -0.2) is 0 Å². The molecule has 2 rings (SSSR count). The fraction of sp³-hybridized carbons (Fsp3) is 0.429. The highest BCUT2D eigenvalue weighted by molar-refractivity contribution is 5.90. The summed E-state index contributed by atoms with van der Waals surface area (Å²) < 4.78 is 0. The molecule has 0 spiro atoms. The van der Waals surface area contributed by atoms with E-state index < -0.39 is 0 Å². The second kappa shape index (κ2) is 5.73. The average Bonchev–Trinajstić information content (AvgIpc) is 2.83. The van der Waals surface area contributed by atoms with Gasteiger partial charge < -0.3 is 15.5 Å². The normalized spacial score (nSPS) is 18.0. The summed E-state index contributed by atoms with van der Waals surface area (Å²) in [6.07, 6.45) is 1.02. The highest BCUT2D eigenvalue weighted by Gasteiger charge is 2.26. The molecular formula is C14H19N3O2. The first kappa shape index (κ1) is 13.4. The van der Waals surface area contributed by atoms with Crippen molar-refractivity contribution in [1.29, 1.82) is 0 Å². The summed E-state index contributed by atoms with van der Waals surface area (Å²) in [6.45, 7) is 0.479. The quantitative estimate of drug-likeness (QED) is 0.836. The summed E-state index contributed by atoms with van der Waals surface area (Å²) in [5.74, 6) is -0.157. The molecule has 0 aliphatic carbocycles. The summed E-state index contributed by atoms with van der Waals surface area (Å²) in [7, 11) is 3.96. The van der Waals surface area contributed by atoms with Gasteiger partial charge in [-0.05, 0) is 24.1 Å². The summed E-state index contributed by atoms with van der Waals surface area (Å²) in [5.41, 5.74) is 2.14. The molecule has 1 fully saturated rings. The van der Waals surface area contributed by atoms with E-state index in [9.17, 15) is 9.59 Å². The Labute approximate surface area is 113 Å². The number of hydrogen-bond donors (Lipinski definition) is 2. The Balaban J connectivity index is 1.90. The van der Waals surface area contributed by atoms with Crippen LogP contribution in [0, 0.1) is 0 Å². The van der Waals surface area contributed by atoms with Gasteiger partial charge in [0, 0.05) is 32.7 Å². The maximum atomic E-state index is 11.8. The van der Waals surface area contributed by atoms with E-state index in [2.05, 4.69) is 10.6 Å². The average molecular weight is 261 g/mol. The molecule has 102 valence electrons. The minimum absolute atomic E-state index is 0.0465. The molecule has 1 aromatic carbocycles. The van der Waals surface area contributed by atoms with E-state index in [4.69, 9.17) is 0 Å². The van der Waals surface area contributed by atoms with Gasteiger partial charge in [-0.1, -0.05) is 12.1 Å². The number of anilines is 1. The van der Waals surface area contributed by atoms with Gasteiger partial charge in [-0.3, -0.25) is 9.59 Å². The molecular weight excluding hydrogens is 242 g/mol. The number of hydrogen-bond acceptors (Lipinski definition) is 3. The second-order valence-corrected chi connectivity index (χ2v) is 4.94. The molecule has 0 aromatic heterocycles. The molecule has 5 heteroatoms. The molecule has 2 amide bonds. The lowest BCUT2D eigenvalue weighted by molar-refractivity contribution is -0.125. The molecule has 1 heterocycles. The highest BCUT2D eigenvalue weighted by Crippen LogP contribution is 2.13. The van der Waals surface area contributed by atoms with Gasteiger partial charge in [-0.15, -0.1) is 0 Å². The fourth-order valence-electron chi connectivity index (χ4n) is 2.07. The largest absolute Gasteiger partial charge is 0.378 e. The molecule has 0 bridgehead atoms. The maximum absolute atomic E-state index is 11.8. The van der Waals surface area contributed by atoms with Crippen molar-refractivity contribution in [2.45, 2.75) is 25.4 Å². The van der Waals surface area contributed by atoms with Crippen LogP contribution in [0.15, 0.2) is 24.3 Å². The van der Waals surface area contributed by atoms with Crippen LogP contribution in [0.25, 0.3) is 0 Å². The molecule has 1 aromatic rings. The number of nitrogens with one attached hydrogen (secondary N) is 2. The van der Waals surface area contributed by atoms with E-state index in [1.165, 1.54) is 0 Å². The Hall–Kier alpha value is -2.04. The van der Waals surface area contributed by atoms with Crippen LogP contribution in [0.4, 0.5) is 5.69 Å². The molecule has 0 radical (unpaired) electrons. The third-order valence-electron chi connectivity index (χ3n) is 3.21. The first-order chi connectivity index (χ1) is 9.06. The lowest BCUT2D eigenvalue weighted by Gasteiger charge is -2.15. The van der Waals surface area contributed by atoms with Crippen LogP contribution in [0.5, 0.6) is 0 Å². The minimum Gasteiger partial charge on any atom is -0.378 e. The standard InChI is InChI=1S/C14H19N3O2/c1-17(2)11-5-3-4-10(8-11)9-15-14(19)12-6-7-13(18)16-12/h3-5,8,12H,6-7,9H2,1-2H3,(H,15,19)(H,16,18). The predicted molar refractivity (Wildman–Crippen MR) is 73.8 cm³/mol. The lowest BCUT2D eigenvalue weighted by atomic mass is 10.1. The Morgan fingerprint density at radius 1 is 1.47 bits per heavy atom. The van der Waals surface area contributed by atoms with Crippen LogP contribution in [0.3, 0.4) is 0 Å². The van der Waals surface area contributed by atoms with Crippen molar-refractivity contribution in [3.05, 3.63) is 29.8 Å². The Bertz CT molecular complexity index is 485. The molecule has 1 aliphatic rings. The van der Waals surface area contributed by atoms with Gasteiger partial charge in [-0.2, -0.15) is 0 Å². The van der Waals surface area contributed by atoms with E-state index in [0.717, 1.165) is 11.3 Å². The van der Waals surface area contributed by atoms with Crippen molar-refractivity contribution >= 4 is 17.5 Å². The van der Waals surface area contributed by atoms with Crippen LogP contribution in [0.2, 0.25) is 0 Å². The smallest absolute Gasteiger partial charge is 0.242 e. The number of benzene rings is 1. The van der Waals surface area contributed by atoms with Crippen molar-refractivity contribution in [2.24, 2.45) is 0 Å². The van der Waals surface area contributed by atoms with Crippen LogP contribution >= 0.6 is 0 Å². The van der Waals surface area contributed by atoms with E-state index in [1.807, 2.05) is 43.3 Å². The van der Waals surface area contributed by atoms with Crippen molar-refractivity contribution < 1.29 is 9.59 Å². The number of nitrogens with zero attached hydrogens (tertiary/aromatic N) is 1. The second-order valence-electron chi connectivity index (χ2n) is 4.94. The SMILES string of the molecule is CN(C)c1cccc(CNC(=O)C2CCC(=O)N2)c1. The first-order valence-electron chi connectivity index (χ1n) is 6.39. The summed E-state index contributed by atoms with van der Waals surface area (Å²) in [5, 5.41) is 5.52. The van der Waals surface area contributed by atoms with Crippen molar-refractivity contribution in [1.82, 2.24) is 10.6 Å². The van der Waals surface area contributed by atoms with Crippen LogP contribution < -0.4 is 15.5 Å². The first-order valence-corrected chi connectivity index (χ1v) is 6.39. The zero-order chi connectivity index (χ0) is 13.8. The number of rotatable bonds is 4. The lowest BCUT2D eigenvalue weighted by Crippen LogP contribution is -2.41. The third kappa shape index (κ3) is 3.47. The number of carbonyl (C=O) groups is 2. The van der Waals surface area contributed by atoms with E-state index >= 15 is 0 Å². The molecule has 1 saturated heterocycles. The van der Waals surface area contributed by atoms with Gasteiger partial charge in [0.25, 0.3) is 0 Å². The van der Waals surface area contributed by atoms with Crippen molar-refractivity contribution in [3.8, 4) is 0 Å². The fourth-order valence-corrected chi connectivity index (χ4v) is 2.07. The van der Waals surface area contributed by atoms with Gasteiger partial charge in [0.15, 0.2) is 0 Å². The topological polar surface area (TPSA) is 61.4 Å². The predicted octanol–water partition coefficient (Wildman–Crippen LogP) is 0.647. The molecule has 1 unspecified atom stereocenters.